The summed E-state index contributed by atoms with van der Waals surface area (Å²) in [5, 5.41) is 7.86. The minimum atomic E-state index is 0.814. The van der Waals surface area contributed by atoms with E-state index in [-0.39, 0.29) is 0 Å². The predicted octanol–water partition coefficient (Wildman–Crippen LogP) is 3.43. The first-order chi connectivity index (χ1) is 8.19. The topological polar surface area (TPSA) is 29.9 Å². The number of halogens is 1. The summed E-state index contributed by atoms with van der Waals surface area (Å²) in [6.45, 7) is 5.87. The van der Waals surface area contributed by atoms with Gasteiger partial charge in [0.05, 0.1) is 17.9 Å². The second-order valence-electron chi connectivity index (χ2n) is 3.96. The normalized spacial score (nSPS) is 10.5. The fourth-order valence-electron chi connectivity index (χ4n) is 1.81. The van der Waals surface area contributed by atoms with Crippen LogP contribution in [0.15, 0.2) is 30.3 Å². The molecule has 17 heavy (non-hydrogen) atoms. The number of aryl methyl sites for hydroxylation is 2. The van der Waals surface area contributed by atoms with E-state index >= 15 is 0 Å². The van der Waals surface area contributed by atoms with Crippen molar-refractivity contribution in [2.24, 2.45) is 0 Å². The van der Waals surface area contributed by atoms with Crippen LogP contribution in [0.25, 0.3) is 0 Å². The molecule has 0 aliphatic carbocycles. The lowest BCUT2D eigenvalue weighted by Gasteiger charge is -2.08. The van der Waals surface area contributed by atoms with Crippen LogP contribution >= 0.6 is 22.6 Å². The Bertz CT molecular complexity index is 505. The molecule has 0 bridgehead atoms. The van der Waals surface area contributed by atoms with Gasteiger partial charge in [0, 0.05) is 15.8 Å². The van der Waals surface area contributed by atoms with Crippen molar-refractivity contribution < 1.29 is 0 Å². The Hall–Kier alpha value is -1.04. The monoisotopic (exact) mass is 341 g/mol. The van der Waals surface area contributed by atoms with Crippen molar-refractivity contribution >= 4 is 28.3 Å². The van der Waals surface area contributed by atoms with E-state index in [4.69, 9.17) is 0 Å². The van der Waals surface area contributed by atoms with Crippen molar-refractivity contribution in [1.29, 1.82) is 0 Å². The smallest absolute Gasteiger partial charge is 0.0597 e. The number of benzene rings is 1. The highest BCUT2D eigenvalue weighted by atomic mass is 127. The molecule has 0 amide bonds. The number of nitrogens with one attached hydrogen (secondary N) is 1. The minimum absolute atomic E-state index is 0.814. The molecule has 0 saturated carbocycles. The molecule has 4 heteroatoms. The second-order valence-corrected chi connectivity index (χ2v) is 5.20. The molecule has 3 nitrogen and oxygen atoms in total. The molecule has 90 valence electrons. The molecular weight excluding hydrogens is 325 g/mol. The zero-order chi connectivity index (χ0) is 12.3. The van der Waals surface area contributed by atoms with E-state index in [2.05, 4.69) is 70.3 Å². The van der Waals surface area contributed by atoms with Gasteiger partial charge in [0.25, 0.3) is 0 Å². The molecule has 0 unspecified atom stereocenters. The number of hydrogen-bond donors (Lipinski definition) is 1. The van der Waals surface area contributed by atoms with Crippen molar-refractivity contribution in [2.45, 2.75) is 26.9 Å². The minimum Gasteiger partial charge on any atom is -0.379 e. The maximum Gasteiger partial charge on any atom is 0.0597 e. The molecule has 2 rings (SSSR count). The van der Waals surface area contributed by atoms with Crippen molar-refractivity contribution in [3.63, 3.8) is 0 Å². The number of anilines is 1. The second kappa shape index (κ2) is 5.53. The molecule has 1 aromatic heterocycles. The molecule has 1 aromatic carbocycles. The maximum absolute atomic E-state index is 4.43. The maximum atomic E-state index is 4.43. The number of nitrogens with zero attached hydrogens (tertiary/aromatic N) is 2. The zero-order valence-electron chi connectivity index (χ0n) is 10.1. The van der Waals surface area contributed by atoms with Gasteiger partial charge in [0.15, 0.2) is 0 Å². The highest BCUT2D eigenvalue weighted by Gasteiger charge is 2.03. The third-order valence-corrected chi connectivity index (χ3v) is 3.25. The van der Waals surface area contributed by atoms with Crippen LogP contribution in [0.4, 0.5) is 5.69 Å². The van der Waals surface area contributed by atoms with E-state index in [0.717, 1.165) is 24.5 Å². The standard InChI is InChI=1S/C13H16IN3/c1-3-17-13(7-10(2)16-17)9-15-12-6-4-5-11(14)8-12/h4-8,15H,3,9H2,1-2H3. The van der Waals surface area contributed by atoms with Crippen molar-refractivity contribution in [2.75, 3.05) is 5.32 Å². The van der Waals surface area contributed by atoms with Crippen molar-refractivity contribution in [3.8, 4) is 0 Å². The van der Waals surface area contributed by atoms with Gasteiger partial charge in [-0.25, -0.2) is 0 Å². The Balaban J connectivity index is 2.06. The average molecular weight is 341 g/mol. The highest BCUT2D eigenvalue weighted by molar-refractivity contribution is 14.1. The van der Waals surface area contributed by atoms with E-state index < -0.39 is 0 Å². The van der Waals surface area contributed by atoms with E-state index in [1.54, 1.807) is 0 Å². The van der Waals surface area contributed by atoms with E-state index in [9.17, 15) is 0 Å². The molecule has 1 heterocycles. The van der Waals surface area contributed by atoms with Gasteiger partial charge < -0.3 is 5.32 Å². The van der Waals surface area contributed by atoms with Gasteiger partial charge in [0.2, 0.25) is 0 Å². The Morgan fingerprint density at radius 1 is 1.35 bits per heavy atom. The Morgan fingerprint density at radius 2 is 2.18 bits per heavy atom. The summed E-state index contributed by atoms with van der Waals surface area (Å²) in [5.74, 6) is 0. The van der Waals surface area contributed by atoms with Crippen LogP contribution in [0, 0.1) is 10.5 Å². The summed E-state index contributed by atoms with van der Waals surface area (Å²) >= 11 is 2.32. The Kier molecular flexibility index (Phi) is 4.04. The first-order valence-electron chi connectivity index (χ1n) is 5.72. The van der Waals surface area contributed by atoms with Crippen molar-refractivity contribution in [3.05, 3.63) is 45.3 Å². The van der Waals surface area contributed by atoms with E-state index in [1.165, 1.54) is 9.26 Å². The molecule has 0 aliphatic heterocycles. The van der Waals surface area contributed by atoms with Crippen LogP contribution in [0.5, 0.6) is 0 Å². The quantitative estimate of drug-likeness (QED) is 0.864. The van der Waals surface area contributed by atoms with Crippen molar-refractivity contribution in [1.82, 2.24) is 9.78 Å². The van der Waals surface area contributed by atoms with E-state index in [0.29, 0.717) is 0 Å². The Labute approximate surface area is 115 Å². The van der Waals surface area contributed by atoms with Crippen LogP contribution in [0.1, 0.15) is 18.3 Å². The summed E-state index contributed by atoms with van der Waals surface area (Å²) < 4.78 is 3.28. The molecule has 2 aromatic rings. The molecule has 0 spiro atoms. The van der Waals surface area contributed by atoms with Crippen LogP contribution in [-0.4, -0.2) is 9.78 Å². The van der Waals surface area contributed by atoms with Gasteiger partial charge in [-0.1, -0.05) is 6.07 Å². The lowest BCUT2D eigenvalue weighted by Crippen LogP contribution is -2.07. The van der Waals surface area contributed by atoms with Gasteiger partial charge >= 0.3 is 0 Å². The summed E-state index contributed by atoms with van der Waals surface area (Å²) in [7, 11) is 0. The molecule has 1 N–H and O–H groups in total. The molecule has 0 radical (unpaired) electrons. The molecule has 0 aliphatic rings. The van der Waals surface area contributed by atoms with Crippen LogP contribution < -0.4 is 5.32 Å². The van der Waals surface area contributed by atoms with Gasteiger partial charge in [-0.2, -0.15) is 5.10 Å². The van der Waals surface area contributed by atoms with Gasteiger partial charge in [-0.3, -0.25) is 4.68 Å². The lowest BCUT2D eigenvalue weighted by atomic mass is 10.3. The van der Waals surface area contributed by atoms with Gasteiger partial charge in [-0.05, 0) is 60.7 Å². The zero-order valence-corrected chi connectivity index (χ0v) is 12.2. The average Bonchev–Trinajstić information content (AvgIpc) is 2.67. The summed E-state index contributed by atoms with van der Waals surface area (Å²) in [6.07, 6.45) is 0. The predicted molar refractivity (Wildman–Crippen MR) is 79.1 cm³/mol. The third-order valence-electron chi connectivity index (χ3n) is 2.58. The third kappa shape index (κ3) is 3.21. The van der Waals surface area contributed by atoms with E-state index in [1.807, 2.05) is 11.6 Å². The summed E-state index contributed by atoms with van der Waals surface area (Å²) in [6, 6.07) is 10.5. The first kappa shape index (κ1) is 12.4. The fourth-order valence-corrected chi connectivity index (χ4v) is 2.35. The highest BCUT2D eigenvalue weighted by Crippen LogP contribution is 2.14. The molecule has 0 atom stereocenters. The molecule has 0 fully saturated rings. The first-order valence-corrected chi connectivity index (χ1v) is 6.79. The summed E-state index contributed by atoms with van der Waals surface area (Å²) in [4.78, 5) is 0. The number of rotatable bonds is 4. The number of hydrogen-bond acceptors (Lipinski definition) is 2. The molecular formula is C13H16IN3. The molecule has 0 saturated heterocycles. The largest absolute Gasteiger partial charge is 0.379 e. The van der Waals surface area contributed by atoms with Crippen LogP contribution in [-0.2, 0) is 13.1 Å². The number of aromatic nitrogens is 2. The SMILES string of the molecule is CCn1nc(C)cc1CNc1cccc(I)c1. The lowest BCUT2D eigenvalue weighted by molar-refractivity contribution is 0.623. The summed E-state index contributed by atoms with van der Waals surface area (Å²) in [5.41, 5.74) is 3.45. The fraction of sp³-hybridized carbons (Fsp3) is 0.308. The van der Waals surface area contributed by atoms with Gasteiger partial charge in [0.1, 0.15) is 0 Å². The van der Waals surface area contributed by atoms with Crippen LogP contribution in [0.2, 0.25) is 0 Å². The van der Waals surface area contributed by atoms with Crippen LogP contribution in [0.3, 0.4) is 0 Å². The Morgan fingerprint density at radius 3 is 2.88 bits per heavy atom. The van der Waals surface area contributed by atoms with Gasteiger partial charge in [-0.15, -0.1) is 0 Å².